The summed E-state index contributed by atoms with van der Waals surface area (Å²) in [6, 6.07) is 7.61. The van der Waals surface area contributed by atoms with Crippen LogP contribution in [0.2, 0.25) is 0 Å². The van der Waals surface area contributed by atoms with Gasteiger partial charge in [0.05, 0.1) is 26.4 Å². The van der Waals surface area contributed by atoms with E-state index in [1.807, 2.05) is 31.2 Å². The van der Waals surface area contributed by atoms with Crippen molar-refractivity contribution in [3.63, 3.8) is 0 Å². The monoisotopic (exact) mass is 281 g/mol. The predicted octanol–water partition coefficient (Wildman–Crippen LogP) is 1.88. The molecule has 0 radical (unpaired) electrons. The van der Waals surface area contributed by atoms with Crippen LogP contribution in [0.1, 0.15) is 18.5 Å². The number of methoxy groups -OCH3 is 2. The number of para-hydroxylation sites is 1. The molecule has 5 heteroatoms. The molecule has 112 valence electrons. The number of carbonyl (C=O) groups is 1. The second-order valence-corrected chi connectivity index (χ2v) is 4.47. The minimum Gasteiger partial charge on any atom is -0.496 e. The van der Waals surface area contributed by atoms with Crippen molar-refractivity contribution in [1.82, 2.24) is 4.90 Å². The first-order valence-corrected chi connectivity index (χ1v) is 6.57. The van der Waals surface area contributed by atoms with Crippen LogP contribution in [0.25, 0.3) is 0 Å². The molecule has 0 bridgehead atoms. The lowest BCUT2D eigenvalue weighted by molar-refractivity contribution is -0.137. The molecule has 20 heavy (non-hydrogen) atoms. The first kappa shape index (κ1) is 16.5. The van der Waals surface area contributed by atoms with E-state index in [1.54, 1.807) is 26.2 Å². The normalized spacial score (nSPS) is 12.0. The zero-order valence-electron chi connectivity index (χ0n) is 12.6. The highest BCUT2D eigenvalue weighted by Crippen LogP contribution is 2.27. The highest BCUT2D eigenvalue weighted by molar-refractivity contribution is 5.77. The first-order valence-electron chi connectivity index (χ1n) is 6.57. The van der Waals surface area contributed by atoms with E-state index < -0.39 is 0 Å². The number of amides is 1. The van der Waals surface area contributed by atoms with Gasteiger partial charge in [-0.25, -0.2) is 0 Å². The maximum atomic E-state index is 12.0. The third-order valence-electron chi connectivity index (χ3n) is 3.22. The van der Waals surface area contributed by atoms with E-state index in [4.69, 9.17) is 14.2 Å². The van der Waals surface area contributed by atoms with Gasteiger partial charge in [0.15, 0.2) is 0 Å². The minimum atomic E-state index is -0.0790. The number of likely N-dealkylation sites (N-methyl/N-ethyl adjacent to an activating group) is 1. The molecule has 0 spiro atoms. The molecule has 0 fully saturated rings. The molecule has 0 aliphatic rings. The molecular formula is C15H23NO4. The summed E-state index contributed by atoms with van der Waals surface area (Å²) in [7, 11) is 4.99. The third-order valence-corrected chi connectivity index (χ3v) is 3.22. The molecule has 0 aliphatic heterocycles. The van der Waals surface area contributed by atoms with Crippen LogP contribution in [0, 0.1) is 0 Å². The van der Waals surface area contributed by atoms with Crippen molar-refractivity contribution >= 4 is 5.91 Å². The van der Waals surface area contributed by atoms with Gasteiger partial charge in [-0.05, 0) is 13.0 Å². The van der Waals surface area contributed by atoms with Gasteiger partial charge in [-0.1, -0.05) is 18.2 Å². The summed E-state index contributed by atoms with van der Waals surface area (Å²) in [6.45, 7) is 2.92. The molecule has 0 N–H and O–H groups in total. The third kappa shape index (κ3) is 4.51. The molecule has 0 aliphatic carbocycles. The van der Waals surface area contributed by atoms with Crippen molar-refractivity contribution in [2.75, 3.05) is 41.1 Å². The van der Waals surface area contributed by atoms with Crippen LogP contribution < -0.4 is 4.74 Å². The highest BCUT2D eigenvalue weighted by Gasteiger charge is 2.20. The maximum Gasteiger partial charge on any atom is 0.248 e. The Hall–Kier alpha value is -1.59. The van der Waals surface area contributed by atoms with E-state index in [1.165, 1.54) is 0 Å². The standard InChI is InChI=1S/C15H23NO4/c1-12(13-7-5-6-8-14(13)19-4)16(2)15(17)11-20-10-9-18-3/h5-8,12H,9-11H2,1-4H3. The van der Waals surface area contributed by atoms with E-state index in [-0.39, 0.29) is 18.6 Å². The molecule has 1 atom stereocenters. The number of carbonyl (C=O) groups excluding carboxylic acids is 1. The number of ether oxygens (including phenoxy) is 3. The molecule has 1 aromatic carbocycles. The second-order valence-electron chi connectivity index (χ2n) is 4.47. The van der Waals surface area contributed by atoms with Gasteiger partial charge in [0.1, 0.15) is 12.4 Å². The second kappa shape index (κ2) is 8.55. The number of nitrogens with zero attached hydrogens (tertiary/aromatic N) is 1. The highest BCUT2D eigenvalue weighted by atomic mass is 16.5. The van der Waals surface area contributed by atoms with E-state index in [2.05, 4.69) is 0 Å². The van der Waals surface area contributed by atoms with Crippen LogP contribution in [0.4, 0.5) is 0 Å². The molecule has 1 aromatic rings. The molecule has 0 saturated heterocycles. The summed E-state index contributed by atoms with van der Waals surface area (Å²) in [5.41, 5.74) is 0.975. The van der Waals surface area contributed by atoms with E-state index in [9.17, 15) is 4.79 Å². The number of hydrogen-bond acceptors (Lipinski definition) is 4. The van der Waals surface area contributed by atoms with Crippen LogP contribution in [0.5, 0.6) is 5.75 Å². The van der Waals surface area contributed by atoms with Crippen LogP contribution in [-0.4, -0.2) is 51.9 Å². The van der Waals surface area contributed by atoms with Gasteiger partial charge >= 0.3 is 0 Å². The molecule has 0 saturated carbocycles. The Morgan fingerprint density at radius 1 is 1.25 bits per heavy atom. The van der Waals surface area contributed by atoms with Gasteiger partial charge in [0.25, 0.3) is 0 Å². The van der Waals surface area contributed by atoms with Gasteiger partial charge in [-0.3, -0.25) is 4.79 Å². The lowest BCUT2D eigenvalue weighted by Gasteiger charge is -2.26. The Morgan fingerprint density at radius 2 is 1.95 bits per heavy atom. The fraction of sp³-hybridized carbons (Fsp3) is 0.533. The van der Waals surface area contributed by atoms with Crippen LogP contribution in [0.15, 0.2) is 24.3 Å². The Balaban J connectivity index is 2.61. The number of benzene rings is 1. The van der Waals surface area contributed by atoms with E-state index >= 15 is 0 Å². The maximum absolute atomic E-state index is 12.0. The van der Waals surface area contributed by atoms with Gasteiger partial charge in [-0.2, -0.15) is 0 Å². The summed E-state index contributed by atoms with van der Waals surface area (Å²) in [5.74, 6) is 0.708. The quantitative estimate of drug-likeness (QED) is 0.683. The fourth-order valence-electron chi connectivity index (χ4n) is 1.84. The molecule has 1 unspecified atom stereocenters. The summed E-state index contributed by atoms with van der Waals surface area (Å²) < 4.78 is 15.4. The summed E-state index contributed by atoms with van der Waals surface area (Å²) in [5, 5.41) is 0. The predicted molar refractivity (Wildman–Crippen MR) is 76.9 cm³/mol. The Morgan fingerprint density at radius 3 is 2.60 bits per heavy atom. The zero-order valence-corrected chi connectivity index (χ0v) is 12.6. The summed E-state index contributed by atoms with van der Waals surface area (Å²) >= 11 is 0. The Bertz CT molecular complexity index is 422. The van der Waals surface area contributed by atoms with Gasteiger partial charge < -0.3 is 19.1 Å². The van der Waals surface area contributed by atoms with Crippen molar-refractivity contribution in [3.8, 4) is 5.75 Å². The number of rotatable bonds is 8. The molecule has 0 heterocycles. The van der Waals surface area contributed by atoms with Crippen molar-refractivity contribution in [3.05, 3.63) is 29.8 Å². The van der Waals surface area contributed by atoms with Crippen LogP contribution in [-0.2, 0) is 14.3 Å². The lowest BCUT2D eigenvalue weighted by atomic mass is 10.1. The molecule has 1 rings (SSSR count). The summed E-state index contributed by atoms with van der Waals surface area (Å²) in [4.78, 5) is 13.7. The van der Waals surface area contributed by atoms with Crippen LogP contribution >= 0.6 is 0 Å². The average molecular weight is 281 g/mol. The van der Waals surface area contributed by atoms with Gasteiger partial charge in [-0.15, -0.1) is 0 Å². The Labute approximate surface area is 120 Å². The average Bonchev–Trinajstić information content (AvgIpc) is 2.49. The molecule has 1 amide bonds. The molecule has 5 nitrogen and oxygen atoms in total. The van der Waals surface area contributed by atoms with Gasteiger partial charge in [0, 0.05) is 19.7 Å². The van der Waals surface area contributed by atoms with Crippen molar-refractivity contribution in [2.45, 2.75) is 13.0 Å². The fourth-order valence-corrected chi connectivity index (χ4v) is 1.84. The van der Waals surface area contributed by atoms with Crippen molar-refractivity contribution < 1.29 is 19.0 Å². The Kier molecular flexibility index (Phi) is 7.04. The lowest BCUT2D eigenvalue weighted by Crippen LogP contribution is -2.33. The van der Waals surface area contributed by atoms with E-state index in [0.717, 1.165) is 11.3 Å². The van der Waals surface area contributed by atoms with E-state index in [0.29, 0.717) is 13.2 Å². The van der Waals surface area contributed by atoms with Crippen molar-refractivity contribution in [1.29, 1.82) is 0 Å². The molecule has 0 aromatic heterocycles. The smallest absolute Gasteiger partial charge is 0.248 e. The van der Waals surface area contributed by atoms with Gasteiger partial charge in [0.2, 0.25) is 5.91 Å². The minimum absolute atomic E-state index is 0.0549. The molecular weight excluding hydrogens is 258 g/mol. The van der Waals surface area contributed by atoms with Crippen LogP contribution in [0.3, 0.4) is 0 Å². The topological polar surface area (TPSA) is 48.0 Å². The zero-order chi connectivity index (χ0) is 15.0. The van der Waals surface area contributed by atoms with Crippen molar-refractivity contribution in [2.24, 2.45) is 0 Å². The summed E-state index contributed by atoms with van der Waals surface area (Å²) in [6.07, 6.45) is 0. The number of hydrogen-bond donors (Lipinski definition) is 0. The SMILES string of the molecule is COCCOCC(=O)N(C)C(C)c1ccccc1OC. The first-order chi connectivity index (χ1) is 9.61. The largest absolute Gasteiger partial charge is 0.496 e.